The van der Waals surface area contributed by atoms with E-state index in [0.717, 1.165) is 53.2 Å². The number of amides is 1. The van der Waals surface area contributed by atoms with Crippen molar-refractivity contribution in [2.75, 3.05) is 11.9 Å². The number of rotatable bonds is 7. The van der Waals surface area contributed by atoms with Crippen molar-refractivity contribution in [3.63, 3.8) is 0 Å². The molecule has 0 unspecified atom stereocenters. The van der Waals surface area contributed by atoms with Gasteiger partial charge in [-0.3, -0.25) is 4.79 Å². The maximum atomic E-state index is 13.3. The van der Waals surface area contributed by atoms with Crippen LogP contribution < -0.4 is 10.1 Å². The summed E-state index contributed by atoms with van der Waals surface area (Å²) < 4.78 is 5.66. The highest BCUT2D eigenvalue weighted by atomic mass is 32.1. The summed E-state index contributed by atoms with van der Waals surface area (Å²) in [6, 6.07) is 17.6. The molecule has 0 fully saturated rings. The Labute approximate surface area is 194 Å². The molecule has 0 atom stereocenters. The third-order valence-corrected chi connectivity index (χ3v) is 6.80. The van der Waals surface area contributed by atoms with Gasteiger partial charge < -0.3 is 10.1 Å². The van der Waals surface area contributed by atoms with Gasteiger partial charge in [0.05, 0.1) is 12.2 Å². The number of para-hydroxylation sites is 1. The Bertz CT molecular complexity index is 1060. The second-order valence-electron chi connectivity index (χ2n) is 8.09. The van der Waals surface area contributed by atoms with E-state index in [1.54, 1.807) is 11.3 Å². The molecule has 0 bridgehead atoms. The first-order valence-corrected chi connectivity index (χ1v) is 12.3. The SMILES string of the molecule is CCCOc1ccc(C=Nc2sc3c(c2C(=O)Nc2ccccc2)CCCCCC3)cc1. The second-order valence-corrected chi connectivity index (χ2v) is 9.18. The first-order chi connectivity index (χ1) is 15.7. The maximum Gasteiger partial charge on any atom is 0.259 e. The van der Waals surface area contributed by atoms with Gasteiger partial charge in [0.2, 0.25) is 0 Å². The predicted octanol–water partition coefficient (Wildman–Crippen LogP) is 7.20. The Morgan fingerprint density at radius 2 is 1.78 bits per heavy atom. The van der Waals surface area contributed by atoms with Gasteiger partial charge in [0.25, 0.3) is 5.91 Å². The van der Waals surface area contributed by atoms with E-state index in [9.17, 15) is 4.79 Å². The summed E-state index contributed by atoms with van der Waals surface area (Å²) >= 11 is 1.67. The van der Waals surface area contributed by atoms with Crippen LogP contribution in [-0.4, -0.2) is 18.7 Å². The molecule has 1 aliphatic carbocycles. The molecule has 0 saturated carbocycles. The van der Waals surface area contributed by atoms with Gasteiger partial charge in [-0.2, -0.15) is 0 Å². The van der Waals surface area contributed by atoms with Gasteiger partial charge in [-0.1, -0.05) is 38.0 Å². The molecule has 166 valence electrons. The summed E-state index contributed by atoms with van der Waals surface area (Å²) in [7, 11) is 0. The number of fused-ring (bicyclic) bond motifs is 1. The van der Waals surface area contributed by atoms with Crippen LogP contribution in [0.5, 0.6) is 5.75 Å². The molecule has 1 aliphatic rings. The van der Waals surface area contributed by atoms with Crippen LogP contribution in [0.3, 0.4) is 0 Å². The van der Waals surface area contributed by atoms with E-state index in [1.165, 1.54) is 29.7 Å². The number of aryl methyl sites for hydroxylation is 1. The molecule has 1 amide bonds. The fourth-order valence-corrected chi connectivity index (χ4v) is 5.18. The summed E-state index contributed by atoms with van der Waals surface area (Å²) in [5, 5.41) is 3.88. The Hall–Kier alpha value is -2.92. The third-order valence-electron chi connectivity index (χ3n) is 5.60. The van der Waals surface area contributed by atoms with Crippen LogP contribution >= 0.6 is 11.3 Å². The first kappa shape index (κ1) is 22.3. The van der Waals surface area contributed by atoms with Crippen molar-refractivity contribution in [2.24, 2.45) is 4.99 Å². The minimum atomic E-state index is -0.0651. The average molecular weight is 447 g/mol. The van der Waals surface area contributed by atoms with Crippen LogP contribution in [0.1, 0.15) is 65.4 Å². The normalized spacial score (nSPS) is 13.9. The fraction of sp³-hybridized carbons (Fsp3) is 0.333. The van der Waals surface area contributed by atoms with Gasteiger partial charge in [-0.05, 0) is 79.6 Å². The zero-order valence-electron chi connectivity index (χ0n) is 18.6. The van der Waals surface area contributed by atoms with E-state index >= 15 is 0 Å². The summed E-state index contributed by atoms with van der Waals surface area (Å²) in [4.78, 5) is 19.4. The standard InChI is InChI=1S/C27H30N2O2S/c1-2-18-31-22-16-14-20(15-17-22)19-28-27-25(26(30)29-21-10-6-5-7-11-21)23-12-8-3-4-9-13-24(23)32-27/h5-7,10-11,14-17,19H,2-4,8-9,12-13,18H2,1H3,(H,29,30). The third kappa shape index (κ3) is 5.65. The highest BCUT2D eigenvalue weighted by Gasteiger charge is 2.24. The quantitative estimate of drug-likeness (QED) is 0.390. The maximum absolute atomic E-state index is 13.3. The van der Waals surface area contributed by atoms with E-state index in [4.69, 9.17) is 9.73 Å². The summed E-state index contributed by atoms with van der Waals surface area (Å²) in [6.07, 6.45) is 9.59. The lowest BCUT2D eigenvalue weighted by Crippen LogP contribution is -2.14. The predicted molar refractivity (Wildman–Crippen MR) is 134 cm³/mol. The fourth-order valence-electron chi connectivity index (χ4n) is 3.95. The molecule has 32 heavy (non-hydrogen) atoms. The van der Waals surface area contributed by atoms with Crippen LogP contribution in [0.25, 0.3) is 0 Å². The van der Waals surface area contributed by atoms with Gasteiger partial charge in [-0.25, -0.2) is 4.99 Å². The molecule has 2 aromatic carbocycles. The summed E-state index contributed by atoms with van der Waals surface area (Å²) in [5.74, 6) is 0.802. The molecule has 3 aromatic rings. The average Bonchev–Trinajstić information content (AvgIpc) is 3.14. The Kier molecular flexibility index (Phi) is 7.73. The van der Waals surface area contributed by atoms with Crippen LogP contribution in [0.15, 0.2) is 59.6 Å². The second kappa shape index (κ2) is 11.1. The molecule has 5 heteroatoms. The van der Waals surface area contributed by atoms with Gasteiger partial charge in [-0.15, -0.1) is 11.3 Å². The van der Waals surface area contributed by atoms with E-state index in [2.05, 4.69) is 12.2 Å². The Balaban J connectivity index is 1.62. The van der Waals surface area contributed by atoms with Crippen molar-refractivity contribution in [1.29, 1.82) is 0 Å². The van der Waals surface area contributed by atoms with E-state index in [1.807, 2.05) is 60.8 Å². The number of nitrogens with one attached hydrogen (secondary N) is 1. The van der Waals surface area contributed by atoms with Crippen molar-refractivity contribution < 1.29 is 9.53 Å². The largest absolute Gasteiger partial charge is 0.494 e. The van der Waals surface area contributed by atoms with Gasteiger partial charge in [0.1, 0.15) is 10.8 Å². The first-order valence-electron chi connectivity index (χ1n) is 11.5. The van der Waals surface area contributed by atoms with E-state index in [-0.39, 0.29) is 5.91 Å². The van der Waals surface area contributed by atoms with Crippen LogP contribution in [0, 0.1) is 0 Å². The van der Waals surface area contributed by atoms with Crippen LogP contribution in [0.2, 0.25) is 0 Å². The Morgan fingerprint density at radius 3 is 2.53 bits per heavy atom. The van der Waals surface area contributed by atoms with Crippen molar-refractivity contribution in [2.45, 2.75) is 51.9 Å². The molecule has 1 N–H and O–H groups in total. The molecular formula is C27H30N2O2S. The lowest BCUT2D eigenvalue weighted by atomic mass is 9.96. The molecule has 4 nitrogen and oxygen atoms in total. The topological polar surface area (TPSA) is 50.7 Å². The number of benzene rings is 2. The molecule has 1 aromatic heterocycles. The molecule has 0 aliphatic heterocycles. The van der Waals surface area contributed by atoms with Crippen LogP contribution in [0.4, 0.5) is 10.7 Å². The number of aliphatic imine (C=N–C) groups is 1. The lowest BCUT2D eigenvalue weighted by Gasteiger charge is -2.12. The summed E-state index contributed by atoms with van der Waals surface area (Å²) in [5.41, 5.74) is 3.73. The molecule has 0 radical (unpaired) electrons. The minimum Gasteiger partial charge on any atom is -0.494 e. The number of hydrogen-bond acceptors (Lipinski definition) is 4. The van der Waals surface area contributed by atoms with E-state index < -0.39 is 0 Å². The number of ether oxygens (including phenoxy) is 1. The van der Waals surface area contributed by atoms with Crippen molar-refractivity contribution >= 4 is 34.1 Å². The monoisotopic (exact) mass is 446 g/mol. The highest BCUT2D eigenvalue weighted by Crippen LogP contribution is 2.39. The molecule has 4 rings (SSSR count). The lowest BCUT2D eigenvalue weighted by molar-refractivity contribution is 0.102. The van der Waals surface area contributed by atoms with Crippen LogP contribution in [-0.2, 0) is 12.8 Å². The van der Waals surface area contributed by atoms with Gasteiger partial charge >= 0.3 is 0 Å². The number of carbonyl (C=O) groups is 1. The Morgan fingerprint density at radius 1 is 1.03 bits per heavy atom. The summed E-state index contributed by atoms with van der Waals surface area (Å²) in [6.45, 7) is 2.81. The van der Waals surface area contributed by atoms with Gasteiger partial charge in [0.15, 0.2) is 0 Å². The molecule has 0 saturated heterocycles. The molecule has 1 heterocycles. The number of carbonyl (C=O) groups excluding carboxylic acids is 1. The van der Waals surface area contributed by atoms with Crippen molar-refractivity contribution in [3.8, 4) is 5.75 Å². The van der Waals surface area contributed by atoms with Crippen molar-refractivity contribution in [3.05, 3.63) is 76.2 Å². The molecular weight excluding hydrogens is 416 g/mol. The number of nitrogens with zero attached hydrogens (tertiary/aromatic N) is 1. The minimum absolute atomic E-state index is 0.0651. The zero-order valence-corrected chi connectivity index (χ0v) is 19.4. The molecule has 0 spiro atoms. The zero-order chi connectivity index (χ0) is 22.2. The van der Waals surface area contributed by atoms with Crippen molar-refractivity contribution in [1.82, 2.24) is 0 Å². The number of anilines is 1. The van der Waals surface area contributed by atoms with E-state index in [0.29, 0.717) is 6.61 Å². The number of hydrogen-bond donors (Lipinski definition) is 1. The number of thiophene rings is 1. The van der Waals surface area contributed by atoms with Gasteiger partial charge in [0, 0.05) is 16.8 Å². The highest BCUT2D eigenvalue weighted by molar-refractivity contribution is 7.16. The smallest absolute Gasteiger partial charge is 0.259 e.